The Labute approximate surface area is 110 Å². The summed E-state index contributed by atoms with van der Waals surface area (Å²) < 4.78 is 5.22. The lowest BCUT2D eigenvalue weighted by Crippen LogP contribution is -2.52. The Balaban J connectivity index is 2.14. The van der Waals surface area contributed by atoms with Gasteiger partial charge in [-0.05, 0) is 36.6 Å². The second kappa shape index (κ2) is 3.99. The van der Waals surface area contributed by atoms with Gasteiger partial charge in [-0.3, -0.25) is 4.79 Å². The van der Waals surface area contributed by atoms with Crippen LogP contribution in [0.1, 0.15) is 17.7 Å². The molecule has 1 atom stereocenters. The SMILES string of the molecule is COc1ccc2[nH]c3c(c2c1)CC(N)(C(=O)O)CC3. The van der Waals surface area contributed by atoms with Gasteiger partial charge in [-0.1, -0.05) is 0 Å². The van der Waals surface area contributed by atoms with Gasteiger partial charge in [0.2, 0.25) is 0 Å². The molecule has 0 fully saturated rings. The lowest BCUT2D eigenvalue weighted by molar-refractivity contribution is -0.143. The molecule has 1 unspecified atom stereocenters. The fourth-order valence-electron chi connectivity index (χ4n) is 2.76. The highest BCUT2D eigenvalue weighted by Crippen LogP contribution is 2.34. The maximum absolute atomic E-state index is 11.3. The summed E-state index contributed by atoms with van der Waals surface area (Å²) in [6.07, 6.45) is 1.47. The summed E-state index contributed by atoms with van der Waals surface area (Å²) in [7, 11) is 1.62. The summed E-state index contributed by atoms with van der Waals surface area (Å²) in [5.41, 5.74) is 7.92. The number of aromatic nitrogens is 1. The van der Waals surface area contributed by atoms with Crippen molar-refractivity contribution in [2.24, 2.45) is 5.73 Å². The van der Waals surface area contributed by atoms with Crippen LogP contribution >= 0.6 is 0 Å². The van der Waals surface area contributed by atoms with Crippen molar-refractivity contribution >= 4 is 16.9 Å². The van der Waals surface area contributed by atoms with Crippen LogP contribution in [-0.2, 0) is 17.6 Å². The predicted molar refractivity (Wildman–Crippen MR) is 71.4 cm³/mol. The molecular formula is C14H16N2O3. The highest BCUT2D eigenvalue weighted by molar-refractivity contribution is 5.88. The van der Waals surface area contributed by atoms with E-state index >= 15 is 0 Å². The molecule has 0 aliphatic heterocycles. The third-order valence-corrected chi connectivity index (χ3v) is 3.94. The van der Waals surface area contributed by atoms with Crippen molar-refractivity contribution in [3.63, 3.8) is 0 Å². The number of ether oxygens (including phenoxy) is 1. The molecule has 0 amide bonds. The van der Waals surface area contributed by atoms with Crippen molar-refractivity contribution < 1.29 is 14.6 Å². The maximum atomic E-state index is 11.3. The molecule has 5 heteroatoms. The van der Waals surface area contributed by atoms with Crippen LogP contribution in [0.2, 0.25) is 0 Å². The maximum Gasteiger partial charge on any atom is 0.324 e. The van der Waals surface area contributed by atoms with Crippen LogP contribution in [-0.4, -0.2) is 28.7 Å². The van der Waals surface area contributed by atoms with Crippen molar-refractivity contribution in [1.29, 1.82) is 0 Å². The molecule has 0 radical (unpaired) electrons. The number of fused-ring (bicyclic) bond motifs is 3. The average Bonchev–Trinajstić information content (AvgIpc) is 2.75. The Morgan fingerprint density at radius 3 is 3.00 bits per heavy atom. The Hall–Kier alpha value is -2.01. The number of hydrogen-bond donors (Lipinski definition) is 3. The molecule has 1 aromatic heterocycles. The number of H-pyrrole nitrogens is 1. The molecule has 0 saturated carbocycles. The van der Waals surface area contributed by atoms with E-state index in [9.17, 15) is 9.90 Å². The summed E-state index contributed by atoms with van der Waals surface area (Å²) in [5, 5.41) is 10.3. The smallest absolute Gasteiger partial charge is 0.324 e. The van der Waals surface area contributed by atoms with Gasteiger partial charge in [-0.15, -0.1) is 0 Å². The molecule has 100 valence electrons. The van der Waals surface area contributed by atoms with E-state index in [0.29, 0.717) is 19.3 Å². The normalized spacial score (nSPS) is 22.2. The molecule has 0 saturated heterocycles. The molecular weight excluding hydrogens is 244 g/mol. The van der Waals surface area contributed by atoms with Gasteiger partial charge in [0.25, 0.3) is 0 Å². The number of carbonyl (C=O) groups is 1. The van der Waals surface area contributed by atoms with Gasteiger partial charge in [0.15, 0.2) is 0 Å². The van der Waals surface area contributed by atoms with E-state index in [0.717, 1.165) is 27.9 Å². The third kappa shape index (κ3) is 1.77. The van der Waals surface area contributed by atoms with Gasteiger partial charge in [0.1, 0.15) is 11.3 Å². The largest absolute Gasteiger partial charge is 0.497 e. The first-order valence-electron chi connectivity index (χ1n) is 6.23. The highest BCUT2D eigenvalue weighted by Gasteiger charge is 2.39. The number of aliphatic carboxylic acids is 1. The van der Waals surface area contributed by atoms with Crippen LogP contribution in [0.5, 0.6) is 5.75 Å². The van der Waals surface area contributed by atoms with Gasteiger partial charge in [0.05, 0.1) is 7.11 Å². The van der Waals surface area contributed by atoms with Crippen LogP contribution < -0.4 is 10.5 Å². The number of aryl methyl sites for hydroxylation is 1. The minimum absolute atomic E-state index is 0.352. The number of nitrogens with one attached hydrogen (secondary N) is 1. The molecule has 4 N–H and O–H groups in total. The monoisotopic (exact) mass is 260 g/mol. The standard InChI is InChI=1S/C14H16N2O3/c1-19-8-2-3-11-9(6-8)10-7-14(15,13(17)18)5-4-12(10)16-11/h2-3,6,16H,4-5,7,15H2,1H3,(H,17,18). The molecule has 0 bridgehead atoms. The topological polar surface area (TPSA) is 88.3 Å². The molecule has 1 aliphatic rings. The fourth-order valence-corrected chi connectivity index (χ4v) is 2.76. The number of carboxylic acids is 1. The van der Waals surface area contributed by atoms with Crippen LogP contribution in [0.4, 0.5) is 0 Å². The number of methoxy groups -OCH3 is 1. The first-order valence-corrected chi connectivity index (χ1v) is 6.23. The summed E-state index contributed by atoms with van der Waals surface area (Å²) in [6.45, 7) is 0. The van der Waals surface area contributed by atoms with Gasteiger partial charge in [0, 0.05) is 23.0 Å². The lowest BCUT2D eigenvalue weighted by Gasteiger charge is -2.29. The van der Waals surface area contributed by atoms with Crippen molar-refractivity contribution in [2.45, 2.75) is 24.8 Å². The number of hydrogen-bond acceptors (Lipinski definition) is 3. The zero-order valence-electron chi connectivity index (χ0n) is 10.7. The van der Waals surface area contributed by atoms with E-state index in [1.807, 2.05) is 18.2 Å². The molecule has 1 aliphatic carbocycles. The third-order valence-electron chi connectivity index (χ3n) is 3.94. The van der Waals surface area contributed by atoms with Crippen LogP contribution in [0.25, 0.3) is 10.9 Å². The van der Waals surface area contributed by atoms with Crippen molar-refractivity contribution in [2.75, 3.05) is 7.11 Å². The number of rotatable bonds is 2. The zero-order valence-corrected chi connectivity index (χ0v) is 10.7. The van der Waals surface area contributed by atoms with Gasteiger partial charge >= 0.3 is 5.97 Å². The van der Waals surface area contributed by atoms with E-state index < -0.39 is 11.5 Å². The second-order valence-electron chi connectivity index (χ2n) is 5.13. The quantitative estimate of drug-likeness (QED) is 0.762. The molecule has 19 heavy (non-hydrogen) atoms. The molecule has 0 spiro atoms. The zero-order chi connectivity index (χ0) is 13.6. The van der Waals surface area contributed by atoms with Gasteiger partial charge in [-0.2, -0.15) is 0 Å². The molecule has 2 aromatic rings. The lowest BCUT2D eigenvalue weighted by atomic mass is 9.80. The summed E-state index contributed by atoms with van der Waals surface area (Å²) >= 11 is 0. The van der Waals surface area contributed by atoms with Crippen molar-refractivity contribution in [3.8, 4) is 5.75 Å². The van der Waals surface area contributed by atoms with Crippen LogP contribution in [0.15, 0.2) is 18.2 Å². The number of nitrogens with two attached hydrogens (primary N) is 1. The minimum Gasteiger partial charge on any atom is -0.497 e. The van der Waals surface area contributed by atoms with E-state index in [-0.39, 0.29) is 0 Å². The Morgan fingerprint density at radius 1 is 1.53 bits per heavy atom. The second-order valence-corrected chi connectivity index (χ2v) is 5.13. The molecule has 1 aromatic carbocycles. The minimum atomic E-state index is -1.16. The van der Waals surface area contributed by atoms with E-state index in [1.54, 1.807) is 7.11 Å². The first kappa shape index (κ1) is 12.0. The van der Waals surface area contributed by atoms with E-state index in [4.69, 9.17) is 10.5 Å². The van der Waals surface area contributed by atoms with Crippen molar-refractivity contribution in [1.82, 2.24) is 4.98 Å². The summed E-state index contributed by atoms with van der Waals surface area (Å²) in [4.78, 5) is 14.6. The van der Waals surface area contributed by atoms with Crippen molar-refractivity contribution in [3.05, 3.63) is 29.5 Å². The first-order chi connectivity index (χ1) is 9.03. The van der Waals surface area contributed by atoms with Crippen LogP contribution in [0, 0.1) is 0 Å². The Bertz CT molecular complexity index is 662. The molecule has 1 heterocycles. The number of aromatic amines is 1. The predicted octanol–water partition coefficient (Wildman–Crippen LogP) is 1.45. The number of carboxylic acid groups (broad SMARTS) is 1. The van der Waals surface area contributed by atoms with E-state index in [1.165, 1.54) is 0 Å². The molecule has 3 rings (SSSR count). The van der Waals surface area contributed by atoms with Crippen LogP contribution in [0.3, 0.4) is 0 Å². The summed E-state index contributed by atoms with van der Waals surface area (Å²) in [5.74, 6) is -0.173. The van der Waals surface area contributed by atoms with Gasteiger partial charge < -0.3 is 20.6 Å². The average molecular weight is 260 g/mol. The summed E-state index contributed by atoms with van der Waals surface area (Å²) in [6, 6.07) is 5.76. The Morgan fingerprint density at radius 2 is 2.32 bits per heavy atom. The molecule has 5 nitrogen and oxygen atoms in total. The highest BCUT2D eigenvalue weighted by atomic mass is 16.5. The van der Waals surface area contributed by atoms with Gasteiger partial charge in [-0.25, -0.2) is 0 Å². The van der Waals surface area contributed by atoms with E-state index in [2.05, 4.69) is 4.98 Å². The number of benzene rings is 1. The Kier molecular flexibility index (Phi) is 2.53. The fraction of sp³-hybridized carbons (Fsp3) is 0.357.